The van der Waals surface area contributed by atoms with Crippen LogP contribution in [-0.2, 0) is 37.5 Å². The molecule has 0 saturated carbocycles. The highest BCUT2D eigenvalue weighted by Gasteiger charge is 2.28. The van der Waals surface area contributed by atoms with Crippen LogP contribution >= 0.6 is 7.82 Å². The van der Waals surface area contributed by atoms with Gasteiger partial charge in [0.2, 0.25) is 0 Å². The minimum Gasteiger partial charge on any atom is -0.480 e. The molecule has 0 aromatic carbocycles. The van der Waals surface area contributed by atoms with E-state index in [-0.39, 0.29) is 19.4 Å². The van der Waals surface area contributed by atoms with E-state index >= 15 is 0 Å². The highest BCUT2D eigenvalue weighted by Crippen LogP contribution is 2.43. The number of rotatable bonds is 47. The molecule has 0 aromatic rings. The van der Waals surface area contributed by atoms with Gasteiger partial charge in [0, 0.05) is 12.8 Å². The van der Waals surface area contributed by atoms with Crippen LogP contribution in [0.5, 0.6) is 0 Å². The van der Waals surface area contributed by atoms with Gasteiger partial charge in [0.15, 0.2) is 6.10 Å². The fourth-order valence-electron chi connectivity index (χ4n) is 7.24. The van der Waals surface area contributed by atoms with E-state index in [4.69, 9.17) is 24.8 Å². The Hall–Kier alpha value is -1.52. The summed E-state index contributed by atoms with van der Waals surface area (Å²) < 4.78 is 32.8. The average Bonchev–Trinajstić information content (AvgIpc) is 3.21. The first kappa shape index (κ1) is 57.5. The van der Waals surface area contributed by atoms with Crippen LogP contribution in [0.1, 0.15) is 251 Å². The lowest BCUT2D eigenvalue weighted by atomic mass is 10.0. The number of hydrogen-bond donors (Lipinski definition) is 3. The third-order valence-electron chi connectivity index (χ3n) is 11.1. The van der Waals surface area contributed by atoms with E-state index in [9.17, 15) is 23.8 Å². The number of unbranched alkanes of at least 4 members (excludes halogenated alkanes) is 33. The molecule has 0 aliphatic rings. The molecule has 0 aliphatic carbocycles. The number of ether oxygens (including phenoxy) is 2. The summed E-state index contributed by atoms with van der Waals surface area (Å²) in [5.74, 6) is -2.35. The maximum atomic E-state index is 12.7. The fourth-order valence-corrected chi connectivity index (χ4v) is 8.02. The molecule has 3 atom stereocenters. The van der Waals surface area contributed by atoms with Gasteiger partial charge in [-0.3, -0.25) is 23.4 Å². The van der Waals surface area contributed by atoms with Crippen LogP contribution in [0.3, 0.4) is 0 Å². The van der Waals surface area contributed by atoms with Gasteiger partial charge >= 0.3 is 25.7 Å². The van der Waals surface area contributed by atoms with Crippen molar-refractivity contribution in [3.63, 3.8) is 0 Å². The Labute approximate surface area is 361 Å². The lowest BCUT2D eigenvalue weighted by Gasteiger charge is -2.20. The van der Waals surface area contributed by atoms with Crippen molar-refractivity contribution in [2.24, 2.45) is 5.73 Å². The molecule has 4 N–H and O–H groups in total. The largest absolute Gasteiger partial charge is 0.480 e. The number of carbonyl (C=O) groups is 3. The van der Waals surface area contributed by atoms with Crippen molar-refractivity contribution in [2.75, 3.05) is 19.8 Å². The van der Waals surface area contributed by atoms with Crippen molar-refractivity contribution in [3.05, 3.63) is 0 Å². The fraction of sp³-hybridized carbons (Fsp3) is 0.936. The Bertz CT molecular complexity index is 1020. The van der Waals surface area contributed by atoms with Crippen molar-refractivity contribution in [2.45, 2.75) is 264 Å². The summed E-state index contributed by atoms with van der Waals surface area (Å²) in [6, 6.07) is -1.52. The van der Waals surface area contributed by atoms with Crippen molar-refractivity contribution in [1.29, 1.82) is 0 Å². The zero-order chi connectivity index (χ0) is 43.5. The summed E-state index contributed by atoms with van der Waals surface area (Å²) in [5.41, 5.74) is 5.35. The van der Waals surface area contributed by atoms with Gasteiger partial charge in [-0.2, -0.15) is 0 Å². The molecule has 12 heteroatoms. The van der Waals surface area contributed by atoms with Gasteiger partial charge in [-0.15, -0.1) is 0 Å². The predicted molar refractivity (Wildman–Crippen MR) is 240 cm³/mol. The molecule has 0 saturated heterocycles. The summed E-state index contributed by atoms with van der Waals surface area (Å²) >= 11 is 0. The second-order valence-electron chi connectivity index (χ2n) is 17.0. The maximum absolute atomic E-state index is 12.7. The van der Waals surface area contributed by atoms with Crippen LogP contribution in [0.2, 0.25) is 0 Å². The molecule has 0 radical (unpaired) electrons. The molecule has 59 heavy (non-hydrogen) atoms. The van der Waals surface area contributed by atoms with E-state index in [0.29, 0.717) is 12.8 Å². The molecule has 0 rings (SSSR count). The van der Waals surface area contributed by atoms with Crippen LogP contribution in [0, 0.1) is 0 Å². The molecular weight excluding hydrogens is 769 g/mol. The van der Waals surface area contributed by atoms with Crippen LogP contribution in [0.4, 0.5) is 0 Å². The lowest BCUT2D eigenvalue weighted by Crippen LogP contribution is -2.34. The number of carboxylic acid groups (broad SMARTS) is 1. The summed E-state index contributed by atoms with van der Waals surface area (Å²) in [6.07, 6.45) is 43.0. The molecule has 0 aromatic heterocycles. The quantitative estimate of drug-likeness (QED) is 0.0302. The minimum atomic E-state index is -4.71. The molecule has 0 aliphatic heterocycles. The van der Waals surface area contributed by atoms with Crippen molar-refractivity contribution in [1.82, 2.24) is 0 Å². The third kappa shape index (κ3) is 42.9. The highest BCUT2D eigenvalue weighted by atomic mass is 31.2. The lowest BCUT2D eigenvalue weighted by molar-refractivity contribution is -0.161. The normalized spacial score (nSPS) is 13.6. The van der Waals surface area contributed by atoms with Crippen LogP contribution in [0.25, 0.3) is 0 Å². The van der Waals surface area contributed by atoms with E-state index in [0.717, 1.165) is 38.5 Å². The van der Waals surface area contributed by atoms with E-state index in [1.54, 1.807) is 0 Å². The molecule has 11 nitrogen and oxygen atoms in total. The van der Waals surface area contributed by atoms with Gasteiger partial charge in [0.05, 0.1) is 13.2 Å². The summed E-state index contributed by atoms with van der Waals surface area (Å²) in [6.45, 7) is 2.86. The first-order valence-electron chi connectivity index (χ1n) is 24.6. The number of phosphoric ester groups is 1. The second-order valence-corrected chi connectivity index (χ2v) is 18.4. The average molecular weight is 862 g/mol. The summed E-state index contributed by atoms with van der Waals surface area (Å²) in [4.78, 5) is 46.1. The number of carboxylic acids is 1. The molecule has 0 bridgehead atoms. The van der Waals surface area contributed by atoms with Crippen molar-refractivity contribution in [3.8, 4) is 0 Å². The standard InChI is InChI=1S/C47H92NO10P/c1-3-5-7-9-11-13-15-17-19-21-22-23-25-26-28-30-32-34-36-38-45(49)55-40-43(41-56-59(53,54)57-42-44(48)47(51)52)58-46(50)39-37-35-33-31-29-27-24-20-18-16-14-12-10-8-6-4-2/h43-44H,3-42,48H2,1-2H3,(H,51,52)(H,53,54)/t43-,44+/m1/s1. The highest BCUT2D eigenvalue weighted by molar-refractivity contribution is 7.47. The zero-order valence-corrected chi connectivity index (χ0v) is 39.0. The van der Waals surface area contributed by atoms with E-state index < -0.39 is 51.1 Å². The Morgan fingerprint density at radius 1 is 0.458 bits per heavy atom. The number of hydrogen-bond acceptors (Lipinski definition) is 9. The molecule has 0 fully saturated rings. The third-order valence-corrected chi connectivity index (χ3v) is 12.1. The van der Waals surface area contributed by atoms with Gasteiger partial charge in [-0.05, 0) is 12.8 Å². The second kappa shape index (κ2) is 43.1. The van der Waals surface area contributed by atoms with Crippen LogP contribution in [-0.4, -0.2) is 59.9 Å². The van der Waals surface area contributed by atoms with Gasteiger partial charge in [0.25, 0.3) is 0 Å². The minimum absolute atomic E-state index is 0.170. The number of carbonyl (C=O) groups excluding carboxylic acids is 2. The Morgan fingerprint density at radius 3 is 1.07 bits per heavy atom. The van der Waals surface area contributed by atoms with Gasteiger partial charge in [-0.1, -0.05) is 226 Å². The smallest absolute Gasteiger partial charge is 0.472 e. The first-order valence-corrected chi connectivity index (χ1v) is 26.1. The van der Waals surface area contributed by atoms with E-state index in [1.165, 1.54) is 173 Å². The van der Waals surface area contributed by atoms with Crippen molar-refractivity contribution >= 4 is 25.7 Å². The van der Waals surface area contributed by atoms with E-state index in [1.807, 2.05) is 0 Å². The Kier molecular flexibility index (Phi) is 42.0. The van der Waals surface area contributed by atoms with Crippen LogP contribution < -0.4 is 5.73 Å². The molecular formula is C47H92NO10P. The zero-order valence-electron chi connectivity index (χ0n) is 38.1. The number of phosphoric acid groups is 1. The monoisotopic (exact) mass is 862 g/mol. The molecule has 0 amide bonds. The van der Waals surface area contributed by atoms with E-state index in [2.05, 4.69) is 18.4 Å². The van der Waals surface area contributed by atoms with Crippen molar-refractivity contribution < 1.29 is 47.5 Å². The van der Waals surface area contributed by atoms with Gasteiger partial charge in [0.1, 0.15) is 12.6 Å². The van der Waals surface area contributed by atoms with Gasteiger partial charge in [-0.25, -0.2) is 4.57 Å². The SMILES string of the molecule is CCCCCCCCCCCCCCCCCCCCCC(=O)OC[C@H](COP(=O)(O)OC[C@H](N)C(=O)O)OC(=O)CCCCCCCCCCCCCCCCCC. The van der Waals surface area contributed by atoms with Crippen LogP contribution in [0.15, 0.2) is 0 Å². The first-order chi connectivity index (χ1) is 28.6. The number of nitrogens with two attached hydrogens (primary N) is 1. The molecule has 350 valence electrons. The topological polar surface area (TPSA) is 172 Å². The summed E-state index contributed by atoms with van der Waals surface area (Å²) in [7, 11) is -4.71. The maximum Gasteiger partial charge on any atom is 0.472 e. The predicted octanol–water partition coefficient (Wildman–Crippen LogP) is 13.5. The van der Waals surface area contributed by atoms with Gasteiger partial charge < -0.3 is 25.2 Å². The molecule has 1 unspecified atom stereocenters. The Balaban J connectivity index is 4.22. The number of esters is 2. The number of aliphatic carboxylic acids is 1. The Morgan fingerprint density at radius 2 is 0.746 bits per heavy atom. The molecule has 0 heterocycles. The summed E-state index contributed by atoms with van der Waals surface area (Å²) in [5, 5.41) is 8.91. The molecule has 0 spiro atoms.